The van der Waals surface area contributed by atoms with Crippen molar-refractivity contribution in [2.24, 2.45) is 0 Å². The van der Waals surface area contributed by atoms with Crippen LogP contribution in [0.25, 0.3) is 0 Å². The predicted octanol–water partition coefficient (Wildman–Crippen LogP) is 3.85. The van der Waals surface area contributed by atoms with Crippen LogP contribution in [0.5, 0.6) is 0 Å². The topological polar surface area (TPSA) is 61.8 Å². The second kappa shape index (κ2) is 4.99. The van der Waals surface area contributed by atoms with E-state index in [9.17, 15) is 0 Å². The van der Waals surface area contributed by atoms with E-state index in [1.807, 2.05) is 31.2 Å². The molecule has 0 saturated carbocycles. The summed E-state index contributed by atoms with van der Waals surface area (Å²) in [5.74, 6) is 0. The van der Waals surface area contributed by atoms with Gasteiger partial charge < -0.3 is 11.1 Å². The Bertz CT molecular complexity index is 629. The molecule has 0 bridgehead atoms. The molecule has 0 saturated heterocycles. The lowest BCUT2D eigenvalue weighted by Crippen LogP contribution is -1.97. The van der Waals surface area contributed by atoms with Gasteiger partial charge in [0.05, 0.1) is 33.7 Å². The summed E-state index contributed by atoms with van der Waals surface area (Å²) in [5.41, 5.74) is 9.54. The summed E-state index contributed by atoms with van der Waals surface area (Å²) >= 11 is 6.13. The number of nitrogens with two attached hydrogens (primary N) is 1. The number of benzene rings is 2. The number of hydrogen-bond donors (Lipinski definition) is 2. The second-order valence-corrected chi connectivity index (χ2v) is 4.43. The van der Waals surface area contributed by atoms with Gasteiger partial charge in [0.1, 0.15) is 0 Å². The number of nitrogens with one attached hydrogen (secondary N) is 1. The molecule has 3 nitrogen and oxygen atoms in total. The van der Waals surface area contributed by atoms with E-state index in [4.69, 9.17) is 22.6 Å². The number of nitriles is 1. The average Bonchev–Trinajstić information content (AvgIpc) is 2.34. The van der Waals surface area contributed by atoms with Crippen LogP contribution in [0.15, 0.2) is 36.4 Å². The van der Waals surface area contributed by atoms with Crippen molar-refractivity contribution in [3.8, 4) is 6.07 Å². The Morgan fingerprint density at radius 2 is 1.89 bits per heavy atom. The monoisotopic (exact) mass is 257 g/mol. The number of hydrogen-bond acceptors (Lipinski definition) is 3. The van der Waals surface area contributed by atoms with Crippen molar-refractivity contribution in [3.05, 3.63) is 52.5 Å². The Balaban J connectivity index is 2.32. The quantitative estimate of drug-likeness (QED) is 0.804. The molecule has 0 atom stereocenters. The third-order valence-electron chi connectivity index (χ3n) is 2.57. The van der Waals surface area contributed by atoms with Crippen LogP contribution in [-0.2, 0) is 0 Å². The van der Waals surface area contributed by atoms with Crippen LogP contribution in [0.1, 0.15) is 11.1 Å². The Morgan fingerprint density at radius 1 is 1.17 bits per heavy atom. The predicted molar refractivity (Wildman–Crippen MR) is 75.0 cm³/mol. The molecule has 0 amide bonds. The average molecular weight is 258 g/mol. The zero-order valence-electron chi connectivity index (χ0n) is 9.87. The summed E-state index contributed by atoms with van der Waals surface area (Å²) in [4.78, 5) is 0. The van der Waals surface area contributed by atoms with Gasteiger partial charge in [-0.05, 0) is 42.8 Å². The molecule has 0 aromatic heterocycles. The highest BCUT2D eigenvalue weighted by atomic mass is 35.5. The van der Waals surface area contributed by atoms with Gasteiger partial charge in [-0.15, -0.1) is 0 Å². The van der Waals surface area contributed by atoms with E-state index in [1.165, 1.54) is 0 Å². The van der Waals surface area contributed by atoms with Crippen molar-refractivity contribution in [2.45, 2.75) is 6.92 Å². The molecule has 0 radical (unpaired) electrons. The lowest BCUT2D eigenvalue weighted by Gasteiger charge is -2.11. The van der Waals surface area contributed by atoms with E-state index in [-0.39, 0.29) is 0 Å². The summed E-state index contributed by atoms with van der Waals surface area (Å²) in [6, 6.07) is 12.9. The Kier molecular flexibility index (Phi) is 3.40. The molecule has 2 rings (SSSR count). The van der Waals surface area contributed by atoms with Crippen molar-refractivity contribution < 1.29 is 0 Å². The molecule has 2 aromatic rings. The lowest BCUT2D eigenvalue weighted by atomic mass is 10.1. The minimum absolute atomic E-state index is 0.519. The summed E-state index contributed by atoms with van der Waals surface area (Å²) < 4.78 is 0. The van der Waals surface area contributed by atoms with E-state index >= 15 is 0 Å². The summed E-state index contributed by atoms with van der Waals surface area (Å²) in [6.07, 6.45) is 0. The van der Waals surface area contributed by atoms with Crippen molar-refractivity contribution in [2.75, 3.05) is 11.1 Å². The van der Waals surface area contributed by atoms with Crippen molar-refractivity contribution in [1.82, 2.24) is 0 Å². The fraction of sp³-hybridized carbons (Fsp3) is 0.0714. The van der Waals surface area contributed by atoms with Gasteiger partial charge in [0.25, 0.3) is 0 Å². The third kappa shape index (κ3) is 2.55. The smallest absolute Gasteiger partial charge is 0.0992 e. The molecule has 0 aliphatic carbocycles. The number of nitrogen functional groups attached to an aromatic ring is 1. The van der Waals surface area contributed by atoms with Gasteiger partial charge in [0.15, 0.2) is 0 Å². The number of halogens is 1. The first kappa shape index (κ1) is 12.3. The second-order valence-electron chi connectivity index (χ2n) is 4.02. The molecule has 2 aromatic carbocycles. The molecule has 18 heavy (non-hydrogen) atoms. The van der Waals surface area contributed by atoms with Gasteiger partial charge in [-0.25, -0.2) is 0 Å². The van der Waals surface area contributed by atoms with E-state index in [2.05, 4.69) is 5.32 Å². The minimum Gasteiger partial charge on any atom is -0.397 e. The standard InChI is InChI=1S/C14H12ClN3/c1-9-2-4-13(11(15)6-9)18-14-5-3-10(8-16)7-12(14)17/h2-7,18H,17H2,1H3. The van der Waals surface area contributed by atoms with Crippen LogP contribution >= 0.6 is 11.6 Å². The molecule has 0 aliphatic rings. The van der Waals surface area contributed by atoms with Crippen LogP contribution < -0.4 is 11.1 Å². The lowest BCUT2D eigenvalue weighted by molar-refractivity contribution is 1.45. The summed E-state index contributed by atoms with van der Waals surface area (Å²) in [5, 5.41) is 12.6. The highest BCUT2D eigenvalue weighted by Gasteiger charge is 2.04. The Morgan fingerprint density at radius 3 is 2.50 bits per heavy atom. The van der Waals surface area contributed by atoms with Crippen LogP contribution in [-0.4, -0.2) is 0 Å². The molecule has 3 N–H and O–H groups in total. The fourth-order valence-corrected chi connectivity index (χ4v) is 1.90. The molecular weight excluding hydrogens is 246 g/mol. The fourth-order valence-electron chi connectivity index (χ4n) is 1.61. The Labute approximate surface area is 111 Å². The van der Waals surface area contributed by atoms with Crippen molar-refractivity contribution >= 4 is 28.7 Å². The normalized spacial score (nSPS) is 9.83. The van der Waals surface area contributed by atoms with E-state index in [1.54, 1.807) is 18.2 Å². The molecule has 4 heteroatoms. The van der Waals surface area contributed by atoms with Gasteiger partial charge in [-0.1, -0.05) is 17.7 Å². The summed E-state index contributed by atoms with van der Waals surface area (Å²) in [7, 11) is 0. The van der Waals surface area contributed by atoms with E-state index in [0.29, 0.717) is 16.3 Å². The van der Waals surface area contributed by atoms with Crippen LogP contribution in [0.3, 0.4) is 0 Å². The Hall–Kier alpha value is -2.18. The molecule has 90 valence electrons. The first-order valence-corrected chi connectivity index (χ1v) is 5.81. The van der Waals surface area contributed by atoms with E-state index < -0.39 is 0 Å². The number of nitrogens with zero attached hydrogens (tertiary/aromatic N) is 1. The minimum atomic E-state index is 0.519. The molecule has 0 spiro atoms. The van der Waals surface area contributed by atoms with Crippen LogP contribution in [0.2, 0.25) is 5.02 Å². The SMILES string of the molecule is Cc1ccc(Nc2ccc(C#N)cc2N)c(Cl)c1. The zero-order chi connectivity index (χ0) is 13.1. The maximum atomic E-state index is 8.77. The number of anilines is 3. The molecule has 0 aliphatic heterocycles. The zero-order valence-corrected chi connectivity index (χ0v) is 10.6. The van der Waals surface area contributed by atoms with Crippen LogP contribution in [0.4, 0.5) is 17.1 Å². The molecule has 0 heterocycles. The van der Waals surface area contributed by atoms with Gasteiger partial charge in [0.2, 0.25) is 0 Å². The largest absolute Gasteiger partial charge is 0.397 e. The van der Waals surface area contributed by atoms with Gasteiger partial charge in [-0.3, -0.25) is 0 Å². The highest BCUT2D eigenvalue weighted by Crippen LogP contribution is 2.29. The highest BCUT2D eigenvalue weighted by molar-refractivity contribution is 6.33. The van der Waals surface area contributed by atoms with Crippen LogP contribution in [0, 0.1) is 18.3 Å². The first-order valence-electron chi connectivity index (χ1n) is 5.43. The first-order chi connectivity index (χ1) is 8.60. The third-order valence-corrected chi connectivity index (χ3v) is 2.89. The van der Waals surface area contributed by atoms with Crippen molar-refractivity contribution in [1.29, 1.82) is 5.26 Å². The van der Waals surface area contributed by atoms with Crippen molar-refractivity contribution in [3.63, 3.8) is 0 Å². The number of rotatable bonds is 2. The van der Waals surface area contributed by atoms with Gasteiger partial charge in [-0.2, -0.15) is 5.26 Å². The van der Waals surface area contributed by atoms with Gasteiger partial charge >= 0.3 is 0 Å². The number of aryl methyl sites for hydroxylation is 1. The maximum absolute atomic E-state index is 8.77. The molecular formula is C14H12ClN3. The van der Waals surface area contributed by atoms with E-state index in [0.717, 1.165) is 16.9 Å². The van der Waals surface area contributed by atoms with Gasteiger partial charge in [0, 0.05) is 0 Å². The molecule has 0 unspecified atom stereocenters. The maximum Gasteiger partial charge on any atom is 0.0992 e. The molecule has 0 fully saturated rings. The summed E-state index contributed by atoms with van der Waals surface area (Å²) in [6.45, 7) is 1.98.